The summed E-state index contributed by atoms with van der Waals surface area (Å²) in [5, 5.41) is 0. The fraction of sp³-hybridized carbons (Fsp3) is 0.875. The van der Waals surface area contributed by atoms with Gasteiger partial charge in [-0.25, -0.2) is 8.61 Å². The first-order valence-corrected chi connectivity index (χ1v) is 12.3. The molecule has 0 aliphatic heterocycles. The van der Waals surface area contributed by atoms with Crippen LogP contribution >= 0.6 is 47.2 Å². The Morgan fingerprint density at radius 2 is 1.15 bits per heavy atom. The van der Waals surface area contributed by atoms with E-state index in [-0.39, 0.29) is 23.4 Å². The summed E-state index contributed by atoms with van der Waals surface area (Å²) >= 11 is 7.81. The number of carbonyl (C=O) groups is 2. The minimum Gasteiger partial charge on any atom is -0.464 e. The summed E-state index contributed by atoms with van der Waals surface area (Å²) in [6.07, 6.45) is 4.39. The number of thiol groups is 2. The minimum atomic E-state index is -0.294. The van der Waals surface area contributed by atoms with Gasteiger partial charge >= 0.3 is 11.9 Å². The van der Waals surface area contributed by atoms with E-state index in [1.165, 1.54) is 0 Å². The van der Waals surface area contributed by atoms with Crippen LogP contribution in [-0.2, 0) is 19.1 Å². The van der Waals surface area contributed by atoms with Crippen molar-refractivity contribution < 1.29 is 19.1 Å². The lowest BCUT2D eigenvalue weighted by Crippen LogP contribution is -2.26. The fourth-order valence-electron chi connectivity index (χ4n) is 1.75. The summed E-state index contributed by atoms with van der Waals surface area (Å²) in [5.74, 6) is -0.381. The van der Waals surface area contributed by atoms with Gasteiger partial charge in [-0.1, -0.05) is 26.7 Å². The highest BCUT2D eigenvalue weighted by atomic mass is 33.1. The average Bonchev–Trinajstić information content (AvgIpc) is 2.66. The van der Waals surface area contributed by atoms with Gasteiger partial charge in [0.1, 0.15) is 13.2 Å². The van der Waals surface area contributed by atoms with E-state index < -0.39 is 0 Å². The largest absolute Gasteiger partial charge is 0.464 e. The van der Waals surface area contributed by atoms with Crippen LogP contribution in [0.4, 0.5) is 0 Å². The molecule has 26 heavy (non-hydrogen) atoms. The Morgan fingerprint density at radius 3 is 1.46 bits per heavy atom. The summed E-state index contributed by atoms with van der Waals surface area (Å²) in [4.78, 5) is 22.4. The van der Waals surface area contributed by atoms with Crippen LogP contribution in [0.1, 0.15) is 39.5 Å². The van der Waals surface area contributed by atoms with E-state index >= 15 is 0 Å². The predicted molar refractivity (Wildman–Crippen MR) is 118 cm³/mol. The molecule has 0 rings (SSSR count). The van der Waals surface area contributed by atoms with E-state index in [2.05, 4.69) is 47.7 Å². The molecule has 0 fully saturated rings. The van der Waals surface area contributed by atoms with Crippen LogP contribution in [-0.4, -0.2) is 71.4 Å². The van der Waals surface area contributed by atoms with E-state index in [0.717, 1.165) is 38.8 Å². The Labute approximate surface area is 177 Å². The maximum atomic E-state index is 11.2. The van der Waals surface area contributed by atoms with Crippen LogP contribution in [0.3, 0.4) is 0 Å². The van der Waals surface area contributed by atoms with Crippen molar-refractivity contribution in [2.75, 3.05) is 50.9 Å². The van der Waals surface area contributed by atoms with Crippen molar-refractivity contribution in [3.63, 3.8) is 0 Å². The van der Waals surface area contributed by atoms with Gasteiger partial charge in [0, 0.05) is 48.1 Å². The molecule has 0 radical (unpaired) electrons. The number of esters is 2. The Kier molecular flexibility index (Phi) is 18.8. The second-order valence-corrected chi connectivity index (χ2v) is 8.33. The number of carbonyl (C=O) groups excluding carboxylic acids is 2. The summed E-state index contributed by atoms with van der Waals surface area (Å²) in [7, 11) is 3.31. The lowest BCUT2D eigenvalue weighted by molar-refractivity contribution is -0.141. The molecule has 0 N–H and O–H groups in total. The van der Waals surface area contributed by atoms with E-state index in [9.17, 15) is 9.59 Å². The molecule has 0 aliphatic carbocycles. The Balaban J connectivity index is 4.35. The van der Waals surface area contributed by atoms with Gasteiger partial charge in [-0.05, 0) is 12.8 Å². The highest BCUT2D eigenvalue weighted by Crippen LogP contribution is 2.30. The molecule has 0 amide bonds. The molecule has 0 aromatic heterocycles. The van der Waals surface area contributed by atoms with E-state index in [0.29, 0.717) is 26.3 Å². The van der Waals surface area contributed by atoms with Crippen LogP contribution < -0.4 is 0 Å². The summed E-state index contributed by atoms with van der Waals surface area (Å²) in [6, 6.07) is 0. The maximum absolute atomic E-state index is 11.2. The van der Waals surface area contributed by atoms with Gasteiger partial charge in [0.05, 0.1) is 11.5 Å². The quantitative estimate of drug-likeness (QED) is 0.153. The second-order valence-electron chi connectivity index (χ2n) is 5.47. The minimum absolute atomic E-state index is 0.104. The molecule has 0 bridgehead atoms. The molecule has 0 atom stereocenters. The topological polar surface area (TPSA) is 59.1 Å². The van der Waals surface area contributed by atoms with Crippen molar-refractivity contribution in [2.24, 2.45) is 0 Å². The first kappa shape index (κ1) is 26.3. The third kappa shape index (κ3) is 15.3. The van der Waals surface area contributed by atoms with Crippen LogP contribution in [0.2, 0.25) is 0 Å². The van der Waals surface area contributed by atoms with Gasteiger partial charge in [-0.3, -0.25) is 9.59 Å². The van der Waals surface area contributed by atoms with Crippen molar-refractivity contribution in [2.45, 2.75) is 39.5 Å². The van der Waals surface area contributed by atoms with Crippen LogP contribution in [0.15, 0.2) is 0 Å². The van der Waals surface area contributed by atoms with E-state index in [4.69, 9.17) is 9.47 Å². The van der Waals surface area contributed by atoms with E-state index in [1.807, 2.05) is 0 Å². The van der Waals surface area contributed by atoms with Gasteiger partial charge in [-0.15, -0.1) is 0 Å². The molecule has 6 nitrogen and oxygen atoms in total. The second kappa shape index (κ2) is 18.6. The van der Waals surface area contributed by atoms with Gasteiger partial charge in [0.2, 0.25) is 0 Å². The molecule has 10 heteroatoms. The van der Waals surface area contributed by atoms with Crippen LogP contribution in [0.25, 0.3) is 0 Å². The number of rotatable bonds is 17. The molecular formula is C16H32N2O4S4. The van der Waals surface area contributed by atoms with Crippen molar-refractivity contribution >= 4 is 59.2 Å². The summed E-state index contributed by atoms with van der Waals surface area (Å²) < 4.78 is 14.7. The molecule has 0 heterocycles. The summed E-state index contributed by atoms with van der Waals surface area (Å²) in [6.45, 7) is 8.25. The molecule has 0 spiro atoms. The smallest absolute Gasteiger partial charge is 0.315 e. The molecule has 0 aliphatic rings. The van der Waals surface area contributed by atoms with Crippen molar-refractivity contribution in [3.8, 4) is 0 Å². The van der Waals surface area contributed by atoms with E-state index in [1.54, 1.807) is 22.0 Å². The van der Waals surface area contributed by atoms with Crippen molar-refractivity contribution in [3.05, 3.63) is 0 Å². The van der Waals surface area contributed by atoms with Crippen molar-refractivity contribution in [1.29, 1.82) is 0 Å². The maximum Gasteiger partial charge on any atom is 0.315 e. The highest BCUT2D eigenvalue weighted by Gasteiger charge is 2.13. The molecule has 154 valence electrons. The molecule has 0 aromatic rings. The van der Waals surface area contributed by atoms with Crippen LogP contribution in [0, 0.1) is 0 Å². The Bertz CT molecular complexity index is 344. The number of unbranched alkanes of at least 4 members (excludes halogenated alkanes) is 2. The molecule has 0 aromatic carbocycles. The Hall–Kier alpha value is 0.260. The number of hydrogen-bond donors (Lipinski definition) is 2. The first-order chi connectivity index (χ1) is 12.6. The lowest BCUT2D eigenvalue weighted by atomic mass is 10.3. The van der Waals surface area contributed by atoms with Gasteiger partial charge in [0.25, 0.3) is 0 Å². The third-order valence-electron chi connectivity index (χ3n) is 3.23. The van der Waals surface area contributed by atoms with Gasteiger partial charge in [-0.2, -0.15) is 25.3 Å². The predicted octanol–water partition coefficient (Wildman–Crippen LogP) is 3.35. The highest BCUT2D eigenvalue weighted by molar-refractivity contribution is 8.74. The third-order valence-corrected chi connectivity index (χ3v) is 6.43. The average molecular weight is 445 g/mol. The zero-order valence-corrected chi connectivity index (χ0v) is 19.1. The molecular weight excluding hydrogens is 412 g/mol. The van der Waals surface area contributed by atoms with Crippen molar-refractivity contribution in [1.82, 2.24) is 8.61 Å². The normalized spacial score (nSPS) is 11.2. The number of ether oxygens (including phenoxy) is 2. The SMILES string of the molecule is CCCCN(CCOC(=O)CS)SSN(CCCC)CCOC(=O)CS. The number of hydrogen-bond acceptors (Lipinski definition) is 10. The standard InChI is InChI=1S/C16H32N2O4S4/c1-3-5-7-17(9-11-21-15(19)13-23)25-26-18(8-6-4-2)10-12-22-16(20)14-24/h23-24H,3-14H2,1-2H3. The molecule has 0 unspecified atom stereocenters. The van der Waals surface area contributed by atoms with Gasteiger partial charge < -0.3 is 9.47 Å². The first-order valence-electron chi connectivity index (χ1n) is 8.94. The Morgan fingerprint density at radius 1 is 0.769 bits per heavy atom. The lowest BCUT2D eigenvalue weighted by Gasteiger charge is -2.25. The zero-order chi connectivity index (χ0) is 19.6. The summed E-state index contributed by atoms with van der Waals surface area (Å²) in [5.41, 5.74) is 0. The monoisotopic (exact) mass is 444 g/mol. The van der Waals surface area contributed by atoms with Gasteiger partial charge in [0.15, 0.2) is 0 Å². The fourth-order valence-corrected chi connectivity index (χ4v) is 4.29. The zero-order valence-electron chi connectivity index (χ0n) is 15.7. The number of nitrogens with zero attached hydrogens (tertiary/aromatic N) is 2. The van der Waals surface area contributed by atoms with Crippen LogP contribution in [0.5, 0.6) is 0 Å². The molecule has 0 saturated heterocycles. The molecule has 0 saturated carbocycles.